The summed E-state index contributed by atoms with van der Waals surface area (Å²) in [7, 11) is 0. The average molecular weight is 530 g/mol. The second kappa shape index (κ2) is 10.1. The van der Waals surface area contributed by atoms with Gasteiger partial charge in [-0.15, -0.1) is 0 Å². The molecule has 3 heterocycles. The number of likely N-dealkylation sites (tertiary alicyclic amines) is 1. The summed E-state index contributed by atoms with van der Waals surface area (Å²) in [5.41, 5.74) is 3.63. The molecule has 2 aliphatic heterocycles. The van der Waals surface area contributed by atoms with Crippen LogP contribution in [0.3, 0.4) is 0 Å². The van der Waals surface area contributed by atoms with Gasteiger partial charge in [-0.05, 0) is 61.4 Å². The Balaban J connectivity index is 1.41. The maximum atomic E-state index is 13.5. The summed E-state index contributed by atoms with van der Waals surface area (Å²) >= 11 is 0. The van der Waals surface area contributed by atoms with E-state index in [-0.39, 0.29) is 18.7 Å². The molecule has 3 aromatic rings. The predicted octanol–water partition coefficient (Wildman–Crippen LogP) is 4.94. The largest absolute Gasteiger partial charge is 0.491 e. The number of fused-ring (bicyclic) bond motifs is 5. The molecular weight excluding hydrogens is 494 g/mol. The number of carboxylic acids is 1. The number of para-hydroxylation sites is 1. The van der Waals surface area contributed by atoms with Crippen LogP contribution in [0.2, 0.25) is 0 Å². The van der Waals surface area contributed by atoms with Crippen LogP contribution in [0.5, 0.6) is 5.75 Å². The summed E-state index contributed by atoms with van der Waals surface area (Å²) in [6.45, 7) is 3.28. The van der Waals surface area contributed by atoms with Gasteiger partial charge in [0.05, 0.1) is 12.2 Å². The van der Waals surface area contributed by atoms with Gasteiger partial charge in [0.15, 0.2) is 0 Å². The van der Waals surface area contributed by atoms with Gasteiger partial charge in [-0.2, -0.15) is 0 Å². The molecule has 0 spiro atoms. The van der Waals surface area contributed by atoms with Crippen LogP contribution in [0.25, 0.3) is 22.2 Å². The SMILES string of the molecule is CC(=O)N1CCC(NC(=O)c2ccc3c(C4CCCCC4)c4n(c3c2)CCOc2ccccc2-4)(C(=O)O)CC1. The van der Waals surface area contributed by atoms with E-state index in [0.29, 0.717) is 37.7 Å². The zero-order valence-corrected chi connectivity index (χ0v) is 22.4. The van der Waals surface area contributed by atoms with Crippen molar-refractivity contribution in [3.63, 3.8) is 0 Å². The summed E-state index contributed by atoms with van der Waals surface area (Å²) in [5, 5.41) is 14.1. The highest BCUT2D eigenvalue weighted by atomic mass is 16.5. The molecule has 2 N–H and O–H groups in total. The lowest BCUT2D eigenvalue weighted by molar-refractivity contribution is -0.148. The molecule has 2 fully saturated rings. The first-order valence-electron chi connectivity index (χ1n) is 14.1. The number of ether oxygens (including phenoxy) is 1. The van der Waals surface area contributed by atoms with Gasteiger partial charge in [-0.25, -0.2) is 4.79 Å². The zero-order valence-electron chi connectivity index (χ0n) is 22.4. The molecule has 8 heteroatoms. The standard InChI is InChI=1S/C31H35N3O5/c1-20(35)33-15-13-31(14-16-33,30(37)38)32-29(36)22-11-12-23-25(19-22)34-17-18-39-26-10-6-5-9-24(26)28(34)27(23)21-7-3-2-4-8-21/h5-6,9-12,19,21H,2-4,7-8,13-18H2,1H3,(H,32,36)(H,37,38). The van der Waals surface area contributed by atoms with Crippen molar-refractivity contribution in [2.75, 3.05) is 19.7 Å². The lowest BCUT2D eigenvalue weighted by Crippen LogP contribution is -2.60. The van der Waals surface area contributed by atoms with Crippen molar-refractivity contribution in [1.29, 1.82) is 0 Å². The number of carbonyl (C=O) groups is 3. The van der Waals surface area contributed by atoms with Crippen molar-refractivity contribution in [3.8, 4) is 17.0 Å². The summed E-state index contributed by atoms with van der Waals surface area (Å²) < 4.78 is 8.42. The number of rotatable bonds is 4. The van der Waals surface area contributed by atoms with Crippen LogP contribution < -0.4 is 10.1 Å². The van der Waals surface area contributed by atoms with Crippen LogP contribution in [-0.4, -0.2) is 57.6 Å². The van der Waals surface area contributed by atoms with Gasteiger partial charge in [-0.3, -0.25) is 9.59 Å². The fourth-order valence-corrected chi connectivity index (χ4v) is 6.76. The molecular formula is C31H35N3O5. The minimum atomic E-state index is -1.39. The first-order chi connectivity index (χ1) is 18.9. The van der Waals surface area contributed by atoms with Gasteiger partial charge >= 0.3 is 5.97 Å². The quantitative estimate of drug-likeness (QED) is 0.498. The molecule has 3 aliphatic rings. The molecule has 1 saturated carbocycles. The van der Waals surface area contributed by atoms with Crippen LogP contribution in [0.4, 0.5) is 0 Å². The maximum Gasteiger partial charge on any atom is 0.329 e. The highest BCUT2D eigenvalue weighted by Gasteiger charge is 2.43. The fourth-order valence-electron chi connectivity index (χ4n) is 6.76. The number of hydrogen-bond donors (Lipinski definition) is 2. The smallest absolute Gasteiger partial charge is 0.329 e. The van der Waals surface area contributed by atoms with Crippen molar-refractivity contribution in [1.82, 2.24) is 14.8 Å². The molecule has 1 saturated heterocycles. The Labute approximate surface area is 227 Å². The Kier molecular flexibility index (Phi) is 6.57. The summed E-state index contributed by atoms with van der Waals surface area (Å²) in [4.78, 5) is 39.2. The monoisotopic (exact) mass is 529 g/mol. The zero-order chi connectivity index (χ0) is 27.1. The number of aromatic nitrogens is 1. The first kappa shape index (κ1) is 25.5. The van der Waals surface area contributed by atoms with E-state index in [2.05, 4.69) is 16.0 Å². The molecule has 0 bridgehead atoms. The number of carboxylic acid groups (broad SMARTS) is 1. The lowest BCUT2D eigenvalue weighted by Gasteiger charge is -2.39. The number of amides is 2. The summed E-state index contributed by atoms with van der Waals surface area (Å²) in [6, 6.07) is 14.0. The van der Waals surface area contributed by atoms with Crippen molar-refractivity contribution >= 4 is 28.7 Å². The van der Waals surface area contributed by atoms with Crippen molar-refractivity contribution in [2.24, 2.45) is 0 Å². The Morgan fingerprint density at radius 1 is 1.00 bits per heavy atom. The van der Waals surface area contributed by atoms with Crippen LogP contribution in [0.1, 0.15) is 73.7 Å². The molecule has 2 aromatic carbocycles. The minimum absolute atomic E-state index is 0.0842. The third-order valence-electron chi connectivity index (χ3n) is 8.92. The molecule has 8 nitrogen and oxygen atoms in total. The fraction of sp³-hybridized carbons (Fsp3) is 0.452. The van der Waals surface area contributed by atoms with Crippen molar-refractivity contribution < 1.29 is 24.2 Å². The molecule has 1 aromatic heterocycles. The van der Waals surface area contributed by atoms with Gasteiger partial charge in [0.1, 0.15) is 17.9 Å². The number of aliphatic carboxylic acids is 1. The highest BCUT2D eigenvalue weighted by Crippen LogP contribution is 2.47. The van der Waals surface area contributed by atoms with Crippen LogP contribution in [-0.2, 0) is 16.1 Å². The summed E-state index contributed by atoms with van der Waals surface area (Å²) in [5.74, 6) is -0.223. The van der Waals surface area contributed by atoms with E-state index in [9.17, 15) is 19.5 Å². The average Bonchev–Trinajstić information content (AvgIpc) is 3.14. The third kappa shape index (κ3) is 4.45. The highest BCUT2D eigenvalue weighted by molar-refractivity contribution is 6.03. The number of piperidine rings is 1. The number of carbonyl (C=O) groups excluding carboxylic acids is 2. The molecule has 204 valence electrons. The Hall–Kier alpha value is -3.81. The van der Waals surface area contributed by atoms with Gasteiger partial charge in [-0.1, -0.05) is 37.5 Å². The number of hydrogen-bond acceptors (Lipinski definition) is 4. The first-order valence-corrected chi connectivity index (χ1v) is 14.1. The number of nitrogens with one attached hydrogen (secondary N) is 1. The number of benzene rings is 2. The van der Waals surface area contributed by atoms with Crippen molar-refractivity contribution in [2.45, 2.75) is 69.9 Å². The maximum absolute atomic E-state index is 13.5. The molecule has 2 amide bonds. The summed E-state index contributed by atoms with van der Waals surface area (Å²) in [6.07, 6.45) is 6.35. The lowest BCUT2D eigenvalue weighted by atomic mass is 9.81. The van der Waals surface area contributed by atoms with Gasteiger partial charge in [0, 0.05) is 42.0 Å². The number of nitrogens with zero attached hydrogens (tertiary/aromatic N) is 2. The molecule has 0 unspecified atom stereocenters. The Morgan fingerprint density at radius 2 is 1.74 bits per heavy atom. The van der Waals surface area contributed by atoms with Crippen LogP contribution in [0.15, 0.2) is 42.5 Å². The third-order valence-corrected chi connectivity index (χ3v) is 8.92. The van der Waals surface area contributed by atoms with Crippen LogP contribution >= 0.6 is 0 Å². The van der Waals surface area contributed by atoms with E-state index in [1.165, 1.54) is 37.4 Å². The second-order valence-electron chi connectivity index (χ2n) is 11.2. The minimum Gasteiger partial charge on any atom is -0.491 e. The molecule has 39 heavy (non-hydrogen) atoms. The normalized spacial score (nSPS) is 18.9. The molecule has 1 aliphatic carbocycles. The van der Waals surface area contributed by atoms with E-state index in [4.69, 9.17) is 4.74 Å². The van der Waals surface area contributed by atoms with E-state index in [1.807, 2.05) is 36.4 Å². The Morgan fingerprint density at radius 3 is 2.46 bits per heavy atom. The van der Waals surface area contributed by atoms with Gasteiger partial charge in [0.2, 0.25) is 5.91 Å². The van der Waals surface area contributed by atoms with Gasteiger partial charge in [0.25, 0.3) is 5.91 Å². The topological polar surface area (TPSA) is 101 Å². The molecule has 0 atom stereocenters. The van der Waals surface area contributed by atoms with E-state index in [1.54, 1.807) is 4.90 Å². The van der Waals surface area contributed by atoms with Gasteiger partial charge < -0.3 is 24.6 Å². The molecule has 0 radical (unpaired) electrons. The van der Waals surface area contributed by atoms with Crippen molar-refractivity contribution in [3.05, 3.63) is 53.6 Å². The van der Waals surface area contributed by atoms with E-state index < -0.39 is 17.4 Å². The molecule has 6 rings (SSSR count). The second-order valence-corrected chi connectivity index (χ2v) is 11.2. The Bertz CT molecular complexity index is 1440. The predicted molar refractivity (Wildman–Crippen MR) is 148 cm³/mol. The van der Waals surface area contributed by atoms with E-state index in [0.717, 1.165) is 35.1 Å². The van der Waals surface area contributed by atoms with Crippen LogP contribution in [0, 0.1) is 0 Å². The van der Waals surface area contributed by atoms with E-state index >= 15 is 0 Å².